The molecule has 0 spiro atoms. The van der Waals surface area contributed by atoms with E-state index in [0.29, 0.717) is 9.52 Å². The summed E-state index contributed by atoms with van der Waals surface area (Å²) in [4.78, 5) is 0. The number of benzene rings is 1. The zero-order chi connectivity index (χ0) is 40.2. The van der Waals surface area contributed by atoms with E-state index in [-0.39, 0.29) is 5.91 Å². The molecule has 0 aliphatic heterocycles. The van der Waals surface area contributed by atoms with Crippen LogP contribution in [0.4, 0.5) is 0 Å². The fourth-order valence-electron chi connectivity index (χ4n) is 8.21. The van der Waals surface area contributed by atoms with Crippen LogP contribution >= 0.6 is 0 Å². The molecule has 50 heavy (non-hydrogen) atoms. The average Bonchev–Trinajstić information content (AvgIpc) is 2.91. The second kappa shape index (κ2) is 15.6. The molecular formula is C35H86O2Si13. The van der Waals surface area contributed by atoms with Crippen LogP contribution in [0.5, 0.6) is 0 Å². The van der Waals surface area contributed by atoms with Crippen molar-refractivity contribution in [2.45, 2.75) is 176 Å². The van der Waals surface area contributed by atoms with E-state index >= 15 is 0 Å². The van der Waals surface area contributed by atoms with Crippen LogP contribution in [-0.4, -0.2) is 103 Å². The Labute approximate surface area is 327 Å². The van der Waals surface area contributed by atoms with Crippen LogP contribution < -0.4 is 0 Å². The first-order valence-electron chi connectivity index (χ1n) is 19.5. The predicted molar refractivity (Wildman–Crippen MR) is 269 cm³/mol. The third-order valence-corrected chi connectivity index (χ3v) is 256. The van der Waals surface area contributed by atoms with Crippen LogP contribution in [0.25, 0.3) is 6.08 Å². The quantitative estimate of drug-likeness (QED) is 0.115. The third kappa shape index (κ3) is 8.81. The first kappa shape index (κ1) is 49.7. The molecule has 0 fully saturated rings. The standard InChI is InChI=1S/C35H86O2Si13/c1-39(2,3)43(11,12)47(19,20)49(23,24)45(15,16)41(7,8)36-35(38-33-32-34-30-28-27-29-31-34)37-42(9,10)46(17,18)50(25,26)48(21,22)44(13,14)40(4,5)6/h27-33,35H,1-26H3. The van der Waals surface area contributed by atoms with Crippen LogP contribution in [0.15, 0.2) is 36.0 Å². The number of hydrogen-bond acceptors (Lipinski definition) is 2. The van der Waals surface area contributed by atoms with Crippen LogP contribution in [-0.2, 0) is 8.85 Å². The van der Waals surface area contributed by atoms with Gasteiger partial charge in [-0.25, -0.2) is 0 Å². The molecule has 1 rings (SSSR count). The molecular weight excluding hydrogens is 818 g/mol. The fraction of sp³-hybridized carbons (Fsp3) is 0.771. The molecule has 0 saturated heterocycles. The van der Waals surface area contributed by atoms with Crippen molar-refractivity contribution in [3.63, 3.8) is 0 Å². The Bertz CT molecular complexity index is 1240. The highest BCUT2D eigenvalue weighted by atomic mass is 30.0. The van der Waals surface area contributed by atoms with Crippen molar-refractivity contribution in [3.8, 4) is 0 Å². The lowest BCUT2D eigenvalue weighted by molar-refractivity contribution is 0.0673. The van der Waals surface area contributed by atoms with Gasteiger partial charge in [0.2, 0.25) is 0 Å². The molecule has 0 heterocycles. The summed E-state index contributed by atoms with van der Waals surface area (Å²) < 4.78 is 15.6. The van der Waals surface area contributed by atoms with Gasteiger partial charge in [-0.15, -0.1) is 0 Å². The van der Waals surface area contributed by atoms with E-state index in [4.69, 9.17) is 8.85 Å². The van der Waals surface area contributed by atoms with Gasteiger partial charge in [-0.1, -0.05) is 186 Å². The Kier molecular flexibility index (Phi) is 15.5. The third-order valence-electron chi connectivity index (χ3n) is 18.2. The minimum atomic E-state index is -2.11. The Morgan fingerprint density at radius 1 is 0.400 bits per heavy atom. The van der Waals surface area contributed by atoms with Gasteiger partial charge in [0.1, 0.15) is 15.4 Å². The van der Waals surface area contributed by atoms with E-state index in [2.05, 4.69) is 212 Å². The van der Waals surface area contributed by atoms with Crippen LogP contribution in [0, 0.1) is 0 Å². The molecule has 0 atom stereocenters. The normalized spacial score (nSPS) is 16.1. The molecule has 290 valence electrons. The molecule has 2 radical (unpaired) electrons. The molecule has 0 saturated carbocycles. The molecule has 0 aromatic heterocycles. The molecule has 15 heteroatoms. The minimum absolute atomic E-state index is 0.106. The maximum Gasteiger partial charge on any atom is 0.173 e. The summed E-state index contributed by atoms with van der Waals surface area (Å²) in [7, 11) is -18.6. The second-order valence-electron chi connectivity index (χ2n) is 23.0. The lowest BCUT2D eigenvalue weighted by atomic mass is 10.2. The van der Waals surface area contributed by atoms with Gasteiger partial charge in [-0.05, 0) is 31.8 Å². The van der Waals surface area contributed by atoms with Gasteiger partial charge in [-0.3, -0.25) is 0 Å². The maximum absolute atomic E-state index is 7.79. The predicted octanol–water partition coefficient (Wildman–Crippen LogP) is 12.2. The Morgan fingerprint density at radius 3 is 0.960 bits per heavy atom. The molecule has 1 aromatic rings. The maximum atomic E-state index is 7.79. The van der Waals surface area contributed by atoms with Crippen molar-refractivity contribution < 1.29 is 8.85 Å². The molecule has 0 aliphatic rings. The molecule has 2 nitrogen and oxygen atoms in total. The van der Waals surface area contributed by atoms with Crippen molar-refractivity contribution in [2.75, 3.05) is 0 Å². The fourth-order valence-corrected chi connectivity index (χ4v) is 304. The zero-order valence-corrected chi connectivity index (χ0v) is 51.4. The average molecular weight is 904 g/mol. The second-order valence-corrected chi connectivity index (χ2v) is 154. The summed E-state index contributed by atoms with van der Waals surface area (Å²) >= 11 is 0. The van der Waals surface area contributed by atoms with E-state index in [0.717, 1.165) is 0 Å². The minimum Gasteiger partial charge on any atom is -0.400 e. The highest BCUT2D eigenvalue weighted by Crippen LogP contribution is 2.45. The van der Waals surface area contributed by atoms with E-state index in [1.165, 1.54) is 5.56 Å². The van der Waals surface area contributed by atoms with Gasteiger partial charge >= 0.3 is 0 Å². The van der Waals surface area contributed by atoms with Crippen molar-refractivity contribution in [2.24, 2.45) is 0 Å². The Hall–Kier alpha value is 1.70. The number of rotatable bonds is 17. The highest BCUT2D eigenvalue weighted by molar-refractivity contribution is 7.97. The van der Waals surface area contributed by atoms with Crippen molar-refractivity contribution in [1.82, 2.24) is 0 Å². The van der Waals surface area contributed by atoms with E-state index < -0.39 is 87.7 Å². The van der Waals surface area contributed by atoms with Crippen LogP contribution in [0.3, 0.4) is 0 Å². The van der Waals surface area contributed by atoms with Crippen molar-refractivity contribution in [1.29, 1.82) is 0 Å². The summed E-state index contributed by atoms with van der Waals surface area (Å²) in [5, 5.41) is 0. The van der Waals surface area contributed by atoms with E-state index in [1.807, 2.05) is 0 Å². The van der Waals surface area contributed by atoms with Gasteiger partial charge in [-0.2, -0.15) is 0 Å². The first-order chi connectivity index (χ1) is 21.7. The summed E-state index contributed by atoms with van der Waals surface area (Å²) in [5.74, 6) is -0.106. The largest absolute Gasteiger partial charge is 0.400 e. The van der Waals surface area contributed by atoms with Crippen molar-refractivity contribution >= 4 is 103 Å². The molecule has 0 N–H and O–H groups in total. The summed E-state index contributed by atoms with van der Waals surface area (Å²) in [5.41, 5.74) is 3.68. The van der Waals surface area contributed by atoms with Crippen LogP contribution in [0.2, 0.25) is 170 Å². The Morgan fingerprint density at radius 2 is 0.680 bits per heavy atom. The first-order valence-corrected chi connectivity index (χ1v) is 67.5. The summed E-state index contributed by atoms with van der Waals surface area (Å²) in [6, 6.07) is 10.8. The van der Waals surface area contributed by atoms with Gasteiger partial charge in [0.15, 0.2) is 15.7 Å². The molecule has 0 bridgehead atoms. The Balaban J connectivity index is 3.80. The lowest BCUT2D eigenvalue weighted by Crippen LogP contribution is -2.89. The van der Waals surface area contributed by atoms with Crippen LogP contribution in [0.1, 0.15) is 5.56 Å². The monoisotopic (exact) mass is 902 g/mol. The summed E-state index contributed by atoms with van der Waals surface area (Å²) in [6.07, 6.45) is 2.32. The highest BCUT2D eigenvalue weighted by Gasteiger charge is 2.68. The topological polar surface area (TPSA) is 18.5 Å². The lowest BCUT2D eigenvalue weighted by Gasteiger charge is -2.62. The zero-order valence-electron chi connectivity index (χ0n) is 38.4. The van der Waals surface area contributed by atoms with Gasteiger partial charge in [0, 0.05) is 57.8 Å². The molecule has 1 aromatic carbocycles. The number of hydrogen-bond donors (Lipinski definition) is 0. The van der Waals surface area contributed by atoms with Gasteiger partial charge in [0.05, 0.1) is 14.2 Å². The molecule has 0 unspecified atom stereocenters. The molecule has 0 amide bonds. The van der Waals surface area contributed by atoms with Gasteiger partial charge < -0.3 is 8.85 Å². The summed E-state index contributed by atoms with van der Waals surface area (Å²) in [6.45, 7) is 72.0. The van der Waals surface area contributed by atoms with E-state index in [1.54, 1.807) is 0 Å². The van der Waals surface area contributed by atoms with Gasteiger partial charge in [0.25, 0.3) is 0 Å². The molecule has 0 aliphatic carbocycles. The smallest absolute Gasteiger partial charge is 0.173 e. The van der Waals surface area contributed by atoms with E-state index in [9.17, 15) is 0 Å². The van der Waals surface area contributed by atoms with Crippen molar-refractivity contribution in [3.05, 3.63) is 41.6 Å². The SMILES string of the molecule is C[Si](C)(C)[Si](C)(C)[Si](C)(C)[Si](C)(C)[Si](C)(C)[Si](C)(C)OC(O[Si](C)(C)[Si](C)(C)[Si](C)(C)[Si](C)(C)[Si](C)(C)[Si](C)(C)C)[Si]C=Cc1ccccc1.